The topological polar surface area (TPSA) is 59.6 Å². The Bertz CT molecular complexity index is 1280. The lowest BCUT2D eigenvalue weighted by Gasteiger charge is -2.01. The number of oxazole rings is 1. The van der Waals surface area contributed by atoms with Gasteiger partial charge in [-0.2, -0.15) is 5.10 Å². The molecule has 1 N–H and O–H groups in total. The molecule has 5 nitrogen and oxygen atoms in total. The minimum atomic E-state index is -0.603. The predicted molar refractivity (Wildman–Crippen MR) is 101 cm³/mol. The smallest absolute Gasteiger partial charge is 0.246 e. The fraction of sp³-hybridized carbons (Fsp3) is 0.0476. The van der Waals surface area contributed by atoms with Crippen LogP contribution in [0.2, 0.25) is 0 Å². The van der Waals surface area contributed by atoms with E-state index in [9.17, 15) is 8.78 Å². The van der Waals surface area contributed by atoms with Crippen LogP contribution in [0, 0.1) is 11.6 Å². The highest BCUT2D eigenvalue weighted by molar-refractivity contribution is 5.89. The highest BCUT2D eigenvalue weighted by atomic mass is 19.1. The highest BCUT2D eigenvalue weighted by Gasteiger charge is 2.15. The fourth-order valence-corrected chi connectivity index (χ4v) is 3.37. The maximum Gasteiger partial charge on any atom is 0.246 e. The molecule has 5 rings (SSSR count). The Morgan fingerprint density at radius 2 is 1.86 bits per heavy atom. The van der Waals surface area contributed by atoms with Gasteiger partial charge in [-0.15, -0.1) is 0 Å². The van der Waals surface area contributed by atoms with Gasteiger partial charge in [0.1, 0.15) is 23.6 Å². The van der Waals surface area contributed by atoms with Crippen molar-refractivity contribution in [2.45, 2.75) is 0 Å². The normalized spacial score (nSPS) is 11.4. The molecule has 5 aromatic rings. The molecular weight excluding hydrogens is 362 g/mol. The Labute approximate surface area is 158 Å². The summed E-state index contributed by atoms with van der Waals surface area (Å²) in [5, 5.41) is 5.28. The van der Waals surface area contributed by atoms with Crippen LogP contribution in [0.3, 0.4) is 0 Å². The molecule has 0 aliphatic rings. The molecule has 0 unspecified atom stereocenters. The van der Waals surface area contributed by atoms with E-state index in [0.717, 1.165) is 22.2 Å². The Hall–Kier alpha value is -3.74. The van der Waals surface area contributed by atoms with Crippen molar-refractivity contribution >= 4 is 10.9 Å². The summed E-state index contributed by atoms with van der Waals surface area (Å²) < 4.78 is 35.3. The molecule has 3 aromatic heterocycles. The molecule has 0 radical (unpaired) electrons. The summed E-state index contributed by atoms with van der Waals surface area (Å²) >= 11 is 0. The molecule has 0 spiro atoms. The van der Waals surface area contributed by atoms with Gasteiger partial charge in [0.2, 0.25) is 5.89 Å². The van der Waals surface area contributed by atoms with E-state index in [4.69, 9.17) is 4.42 Å². The van der Waals surface area contributed by atoms with Gasteiger partial charge in [-0.1, -0.05) is 12.1 Å². The zero-order valence-corrected chi connectivity index (χ0v) is 14.8. The summed E-state index contributed by atoms with van der Waals surface area (Å²) in [6.07, 6.45) is 3.07. The van der Waals surface area contributed by atoms with E-state index in [1.54, 1.807) is 16.9 Å². The third kappa shape index (κ3) is 2.60. The van der Waals surface area contributed by atoms with Crippen LogP contribution in [0.4, 0.5) is 8.78 Å². The molecule has 28 heavy (non-hydrogen) atoms. The summed E-state index contributed by atoms with van der Waals surface area (Å²) in [6.45, 7) is 0. The van der Waals surface area contributed by atoms with Crippen molar-refractivity contribution in [2.75, 3.05) is 0 Å². The van der Waals surface area contributed by atoms with Crippen molar-refractivity contribution in [3.63, 3.8) is 0 Å². The van der Waals surface area contributed by atoms with Crippen molar-refractivity contribution in [1.82, 2.24) is 19.7 Å². The third-order valence-corrected chi connectivity index (χ3v) is 4.68. The van der Waals surface area contributed by atoms with Gasteiger partial charge in [-0.05, 0) is 36.4 Å². The second-order valence-corrected chi connectivity index (χ2v) is 6.46. The number of aryl methyl sites for hydroxylation is 1. The first-order valence-corrected chi connectivity index (χ1v) is 8.61. The summed E-state index contributed by atoms with van der Waals surface area (Å²) in [5.41, 5.74) is 3.54. The van der Waals surface area contributed by atoms with E-state index < -0.39 is 11.6 Å². The fourth-order valence-electron chi connectivity index (χ4n) is 3.37. The standard InChI is InChI=1S/C21H14F2N4O/c1-27-19(11-18(26-27)21-24-7-8-28-21)12-5-6-16-13(9-12)10-17(25-16)20-14(22)3-2-4-15(20)23/h2-11,25H,1H3. The average Bonchev–Trinajstić information content (AvgIpc) is 3.40. The highest BCUT2D eigenvalue weighted by Crippen LogP contribution is 2.32. The van der Waals surface area contributed by atoms with E-state index in [0.29, 0.717) is 17.3 Å². The SMILES string of the molecule is Cn1nc(-c2ncco2)cc1-c1ccc2[nH]c(-c3c(F)cccc3F)cc2c1. The summed E-state index contributed by atoms with van der Waals surface area (Å²) in [6, 6.07) is 13.2. The number of fused-ring (bicyclic) bond motifs is 1. The van der Waals surface area contributed by atoms with Crippen LogP contribution in [0.5, 0.6) is 0 Å². The Kier molecular flexibility index (Phi) is 3.61. The second-order valence-electron chi connectivity index (χ2n) is 6.46. The average molecular weight is 376 g/mol. The molecule has 138 valence electrons. The molecule has 0 aliphatic heterocycles. The number of rotatable bonds is 3. The molecule has 3 heterocycles. The predicted octanol–water partition coefficient (Wildman–Crippen LogP) is 5.17. The van der Waals surface area contributed by atoms with Crippen LogP contribution in [0.25, 0.3) is 45.0 Å². The molecule has 7 heteroatoms. The minimum absolute atomic E-state index is 0.0630. The van der Waals surface area contributed by atoms with Crippen LogP contribution in [0.1, 0.15) is 0 Å². The van der Waals surface area contributed by atoms with E-state index in [1.165, 1.54) is 24.5 Å². The molecule has 0 saturated carbocycles. The minimum Gasteiger partial charge on any atom is -0.443 e. The van der Waals surface area contributed by atoms with Crippen molar-refractivity contribution < 1.29 is 13.2 Å². The lowest BCUT2D eigenvalue weighted by molar-refractivity contribution is 0.570. The van der Waals surface area contributed by atoms with Gasteiger partial charge in [0.15, 0.2) is 0 Å². The first-order chi connectivity index (χ1) is 13.6. The Morgan fingerprint density at radius 3 is 2.61 bits per heavy atom. The largest absolute Gasteiger partial charge is 0.443 e. The van der Waals surface area contributed by atoms with Gasteiger partial charge < -0.3 is 9.40 Å². The number of halogens is 2. The van der Waals surface area contributed by atoms with E-state index >= 15 is 0 Å². The maximum atomic E-state index is 14.1. The van der Waals surface area contributed by atoms with Gasteiger partial charge in [-0.3, -0.25) is 4.68 Å². The molecule has 0 fully saturated rings. The first kappa shape index (κ1) is 16.4. The number of H-pyrrole nitrogens is 1. The monoisotopic (exact) mass is 376 g/mol. The Balaban J connectivity index is 1.60. The molecule has 0 saturated heterocycles. The van der Waals surface area contributed by atoms with Crippen LogP contribution in [-0.2, 0) is 7.05 Å². The Morgan fingerprint density at radius 1 is 1.04 bits per heavy atom. The van der Waals surface area contributed by atoms with Crippen LogP contribution in [0.15, 0.2) is 65.4 Å². The summed E-state index contributed by atoms with van der Waals surface area (Å²) in [7, 11) is 1.84. The lowest BCUT2D eigenvalue weighted by atomic mass is 10.1. The van der Waals surface area contributed by atoms with Crippen LogP contribution in [-0.4, -0.2) is 19.7 Å². The van der Waals surface area contributed by atoms with Gasteiger partial charge in [0.05, 0.1) is 23.1 Å². The number of nitrogens with one attached hydrogen (secondary N) is 1. The zero-order valence-electron chi connectivity index (χ0n) is 14.8. The molecule has 0 amide bonds. The van der Waals surface area contributed by atoms with Crippen molar-refractivity contribution in [3.05, 3.63) is 72.6 Å². The number of nitrogens with zero attached hydrogens (tertiary/aromatic N) is 3. The molecule has 2 aromatic carbocycles. The number of aromatic amines is 1. The first-order valence-electron chi connectivity index (χ1n) is 8.61. The number of benzene rings is 2. The number of aromatic nitrogens is 4. The quantitative estimate of drug-likeness (QED) is 0.473. The van der Waals surface area contributed by atoms with Gasteiger partial charge in [0.25, 0.3) is 0 Å². The van der Waals surface area contributed by atoms with Crippen LogP contribution >= 0.6 is 0 Å². The van der Waals surface area contributed by atoms with Crippen molar-refractivity contribution in [2.24, 2.45) is 7.05 Å². The summed E-state index contributed by atoms with van der Waals surface area (Å²) in [4.78, 5) is 7.21. The van der Waals surface area contributed by atoms with E-state index in [-0.39, 0.29) is 5.56 Å². The summed E-state index contributed by atoms with van der Waals surface area (Å²) in [5.74, 6) is -0.759. The molecule has 0 atom stereocenters. The van der Waals surface area contributed by atoms with Gasteiger partial charge >= 0.3 is 0 Å². The maximum absolute atomic E-state index is 14.1. The van der Waals surface area contributed by atoms with Gasteiger partial charge in [-0.25, -0.2) is 13.8 Å². The molecular formula is C21H14F2N4O. The van der Waals surface area contributed by atoms with Gasteiger partial charge in [0, 0.05) is 23.5 Å². The molecule has 0 bridgehead atoms. The number of hydrogen-bond acceptors (Lipinski definition) is 3. The number of hydrogen-bond donors (Lipinski definition) is 1. The second kappa shape index (κ2) is 6.16. The third-order valence-electron chi connectivity index (χ3n) is 4.68. The lowest BCUT2D eigenvalue weighted by Crippen LogP contribution is -1.93. The van der Waals surface area contributed by atoms with Crippen molar-refractivity contribution in [1.29, 1.82) is 0 Å². The molecule has 0 aliphatic carbocycles. The van der Waals surface area contributed by atoms with Crippen molar-refractivity contribution in [3.8, 4) is 34.1 Å². The van der Waals surface area contributed by atoms with E-state index in [2.05, 4.69) is 15.1 Å². The van der Waals surface area contributed by atoms with Crippen LogP contribution < -0.4 is 0 Å². The zero-order chi connectivity index (χ0) is 19.3. The van der Waals surface area contributed by atoms with E-state index in [1.807, 2.05) is 31.3 Å².